The lowest BCUT2D eigenvalue weighted by atomic mass is 10.2. The number of nitrogens with zero attached hydrogens (tertiary/aromatic N) is 2. The number of anilines is 3. The summed E-state index contributed by atoms with van der Waals surface area (Å²) in [7, 11) is -2.23. The molecule has 1 saturated heterocycles. The number of imide groups is 1. The summed E-state index contributed by atoms with van der Waals surface area (Å²) >= 11 is 1.17. The minimum Gasteiger partial charge on any atom is -0.497 e. The number of sulfonamides is 1. The fourth-order valence-corrected chi connectivity index (χ4v) is 4.92. The van der Waals surface area contributed by atoms with Crippen LogP contribution in [-0.2, 0) is 19.6 Å². The van der Waals surface area contributed by atoms with Gasteiger partial charge in [0, 0.05) is 17.3 Å². The molecule has 0 saturated carbocycles. The molecule has 31 heavy (non-hydrogen) atoms. The summed E-state index contributed by atoms with van der Waals surface area (Å²) in [5.41, 5.74) is 0.991. The molecule has 0 radical (unpaired) electrons. The lowest BCUT2D eigenvalue weighted by molar-refractivity contribution is -0.121. The third-order valence-electron chi connectivity index (χ3n) is 4.64. The van der Waals surface area contributed by atoms with Crippen LogP contribution in [0.3, 0.4) is 0 Å². The first kappa shape index (κ1) is 20.8. The van der Waals surface area contributed by atoms with E-state index in [1.54, 1.807) is 41.8 Å². The van der Waals surface area contributed by atoms with E-state index in [4.69, 9.17) is 4.74 Å². The van der Waals surface area contributed by atoms with Crippen molar-refractivity contribution in [2.75, 3.05) is 22.0 Å². The molecular weight excluding hydrogens is 440 g/mol. The van der Waals surface area contributed by atoms with Crippen molar-refractivity contribution in [3.8, 4) is 5.75 Å². The number of aromatic nitrogens is 1. The van der Waals surface area contributed by atoms with Crippen LogP contribution >= 0.6 is 11.3 Å². The highest BCUT2D eigenvalue weighted by Crippen LogP contribution is 2.27. The van der Waals surface area contributed by atoms with Gasteiger partial charge in [0.05, 0.1) is 24.1 Å². The molecule has 0 spiro atoms. The average molecular weight is 459 g/mol. The molecule has 1 atom stereocenters. The van der Waals surface area contributed by atoms with Gasteiger partial charge in [0.25, 0.3) is 15.9 Å². The van der Waals surface area contributed by atoms with Gasteiger partial charge in [-0.2, -0.15) is 0 Å². The third kappa shape index (κ3) is 4.37. The summed E-state index contributed by atoms with van der Waals surface area (Å²) in [6, 6.07) is 11.8. The Bertz CT molecular complexity index is 1190. The van der Waals surface area contributed by atoms with Gasteiger partial charge in [0.2, 0.25) is 5.91 Å². The molecule has 1 aliphatic rings. The number of amides is 2. The number of ether oxygens (including phenoxy) is 1. The molecule has 1 fully saturated rings. The van der Waals surface area contributed by atoms with Gasteiger partial charge < -0.3 is 10.1 Å². The predicted octanol–water partition coefficient (Wildman–Crippen LogP) is 2.70. The smallest absolute Gasteiger partial charge is 0.263 e. The van der Waals surface area contributed by atoms with E-state index in [1.165, 1.54) is 36.8 Å². The molecule has 1 aromatic heterocycles. The van der Waals surface area contributed by atoms with E-state index < -0.39 is 16.1 Å². The van der Waals surface area contributed by atoms with Crippen LogP contribution in [0, 0.1) is 0 Å². The van der Waals surface area contributed by atoms with Crippen molar-refractivity contribution in [3.05, 3.63) is 60.1 Å². The molecule has 11 heteroatoms. The zero-order chi connectivity index (χ0) is 22.0. The maximum absolute atomic E-state index is 12.8. The Hall–Kier alpha value is -3.44. The highest BCUT2D eigenvalue weighted by Gasteiger charge is 2.39. The van der Waals surface area contributed by atoms with E-state index >= 15 is 0 Å². The molecule has 2 heterocycles. The topological polar surface area (TPSA) is 118 Å². The molecule has 0 bridgehead atoms. The lowest BCUT2D eigenvalue weighted by Crippen LogP contribution is -2.34. The number of methoxy groups -OCH3 is 1. The Kier molecular flexibility index (Phi) is 5.61. The first-order valence-corrected chi connectivity index (χ1v) is 11.5. The van der Waals surface area contributed by atoms with E-state index in [1.807, 2.05) is 0 Å². The van der Waals surface area contributed by atoms with Gasteiger partial charge in [-0.15, -0.1) is 11.3 Å². The monoisotopic (exact) mass is 458 g/mol. The van der Waals surface area contributed by atoms with Gasteiger partial charge in [-0.3, -0.25) is 14.3 Å². The summed E-state index contributed by atoms with van der Waals surface area (Å²) in [5, 5.41) is 4.95. The summed E-state index contributed by atoms with van der Waals surface area (Å²) in [6.07, 6.45) is 1.50. The number of rotatable bonds is 7. The number of carbonyl (C=O) groups is 2. The van der Waals surface area contributed by atoms with Gasteiger partial charge >= 0.3 is 0 Å². The van der Waals surface area contributed by atoms with Crippen LogP contribution in [0.15, 0.2) is 65.0 Å². The molecule has 9 nitrogen and oxygen atoms in total. The van der Waals surface area contributed by atoms with Crippen LogP contribution < -0.4 is 19.7 Å². The fourth-order valence-electron chi connectivity index (χ4n) is 3.13. The van der Waals surface area contributed by atoms with Gasteiger partial charge in [0.1, 0.15) is 11.8 Å². The second kappa shape index (κ2) is 8.36. The molecular formula is C20H18N4O5S2. The van der Waals surface area contributed by atoms with Gasteiger partial charge in [0.15, 0.2) is 5.13 Å². The Balaban J connectivity index is 1.45. The standard InChI is InChI=1S/C20H18N4O5S2/c1-29-15-6-4-14(5-7-15)24-18(25)12-17(19(24)26)22-13-2-8-16(9-3-13)31(27,28)23-20-21-10-11-30-20/h2-11,17,22H,12H2,1H3,(H,21,23)/t17-/m1/s1. The Morgan fingerprint density at radius 2 is 1.81 bits per heavy atom. The van der Waals surface area contributed by atoms with E-state index in [9.17, 15) is 18.0 Å². The summed E-state index contributed by atoms with van der Waals surface area (Å²) in [4.78, 5) is 30.3. The Labute approximate surface area is 182 Å². The van der Waals surface area contributed by atoms with E-state index in [-0.39, 0.29) is 28.3 Å². The van der Waals surface area contributed by atoms with Crippen LogP contribution in [0.2, 0.25) is 0 Å². The summed E-state index contributed by atoms with van der Waals surface area (Å²) in [6.45, 7) is 0. The van der Waals surface area contributed by atoms with Gasteiger partial charge in [-0.05, 0) is 48.5 Å². The molecule has 1 aliphatic heterocycles. The van der Waals surface area contributed by atoms with Crippen LogP contribution in [0.5, 0.6) is 5.75 Å². The second-order valence-electron chi connectivity index (χ2n) is 6.63. The van der Waals surface area contributed by atoms with Crippen LogP contribution in [0.4, 0.5) is 16.5 Å². The van der Waals surface area contributed by atoms with Crippen molar-refractivity contribution in [1.29, 1.82) is 0 Å². The molecule has 2 amide bonds. The van der Waals surface area contributed by atoms with Crippen molar-refractivity contribution in [1.82, 2.24) is 4.98 Å². The maximum atomic E-state index is 12.8. The Morgan fingerprint density at radius 3 is 2.42 bits per heavy atom. The number of carbonyl (C=O) groups excluding carboxylic acids is 2. The van der Waals surface area contributed by atoms with Crippen molar-refractivity contribution in [2.45, 2.75) is 17.4 Å². The van der Waals surface area contributed by atoms with Crippen LogP contribution in [0.25, 0.3) is 0 Å². The molecule has 2 aromatic carbocycles. The van der Waals surface area contributed by atoms with E-state index in [2.05, 4.69) is 15.0 Å². The zero-order valence-electron chi connectivity index (χ0n) is 16.3. The predicted molar refractivity (Wildman–Crippen MR) is 117 cm³/mol. The van der Waals surface area contributed by atoms with Crippen molar-refractivity contribution in [3.63, 3.8) is 0 Å². The average Bonchev–Trinajstić information content (AvgIpc) is 3.36. The summed E-state index contributed by atoms with van der Waals surface area (Å²) in [5.74, 6) is -0.0753. The fraction of sp³-hybridized carbons (Fsp3) is 0.150. The largest absolute Gasteiger partial charge is 0.497 e. The maximum Gasteiger partial charge on any atom is 0.263 e. The minimum atomic E-state index is -3.77. The number of hydrogen-bond acceptors (Lipinski definition) is 8. The molecule has 0 aliphatic carbocycles. The molecule has 3 aromatic rings. The number of nitrogens with one attached hydrogen (secondary N) is 2. The van der Waals surface area contributed by atoms with E-state index in [0.717, 1.165) is 4.90 Å². The quantitative estimate of drug-likeness (QED) is 0.523. The van der Waals surface area contributed by atoms with Gasteiger partial charge in [-0.25, -0.2) is 18.3 Å². The van der Waals surface area contributed by atoms with Crippen molar-refractivity contribution in [2.24, 2.45) is 0 Å². The number of thiazole rings is 1. The first-order valence-electron chi connectivity index (χ1n) is 9.17. The Morgan fingerprint density at radius 1 is 1.10 bits per heavy atom. The van der Waals surface area contributed by atoms with Crippen LogP contribution in [-0.4, -0.2) is 38.4 Å². The lowest BCUT2D eigenvalue weighted by Gasteiger charge is -2.16. The third-order valence-corrected chi connectivity index (χ3v) is 6.81. The SMILES string of the molecule is COc1ccc(N2C(=O)C[C@@H](Nc3ccc(S(=O)(=O)Nc4nccs4)cc3)C2=O)cc1. The highest BCUT2D eigenvalue weighted by molar-refractivity contribution is 7.93. The summed E-state index contributed by atoms with van der Waals surface area (Å²) < 4.78 is 32.3. The minimum absolute atomic E-state index is 0.00346. The van der Waals surface area contributed by atoms with Crippen molar-refractivity contribution < 1.29 is 22.7 Å². The molecule has 4 rings (SSSR count). The van der Waals surface area contributed by atoms with Crippen molar-refractivity contribution >= 4 is 49.7 Å². The van der Waals surface area contributed by atoms with Crippen LogP contribution in [0.1, 0.15) is 6.42 Å². The first-order chi connectivity index (χ1) is 14.9. The highest BCUT2D eigenvalue weighted by atomic mass is 32.2. The zero-order valence-corrected chi connectivity index (χ0v) is 17.9. The molecule has 2 N–H and O–H groups in total. The molecule has 0 unspecified atom stereocenters. The second-order valence-corrected chi connectivity index (χ2v) is 9.21. The van der Waals surface area contributed by atoms with Gasteiger partial charge in [-0.1, -0.05) is 0 Å². The normalized spacial score (nSPS) is 16.4. The number of hydrogen-bond donors (Lipinski definition) is 2. The number of benzene rings is 2. The molecule has 160 valence electrons. The van der Waals surface area contributed by atoms with E-state index in [0.29, 0.717) is 17.1 Å².